The molecule has 3 rings (SSSR count). The first kappa shape index (κ1) is 20.6. The standard InChI is InChI=1S/C21H23BrF2N2O2/c22-16-3-1-4-18(11-16)26-9-8-15(14-26)13-25-21(27)5-2-10-28-20-7-6-17(23)12-19(20)24/h1,3-4,6-7,11-12,15H,2,5,8-10,13-14H2,(H,25,27). The number of ether oxygens (including phenoxy) is 1. The number of rotatable bonds is 8. The molecule has 0 saturated carbocycles. The van der Waals surface area contributed by atoms with E-state index in [0.717, 1.165) is 36.1 Å². The first-order valence-corrected chi connectivity index (χ1v) is 10.2. The molecule has 0 bridgehead atoms. The van der Waals surface area contributed by atoms with Crippen LogP contribution < -0.4 is 15.0 Å². The van der Waals surface area contributed by atoms with Crippen molar-refractivity contribution in [1.82, 2.24) is 5.32 Å². The minimum atomic E-state index is -0.735. The smallest absolute Gasteiger partial charge is 0.220 e. The lowest BCUT2D eigenvalue weighted by Gasteiger charge is -2.19. The monoisotopic (exact) mass is 452 g/mol. The van der Waals surface area contributed by atoms with Gasteiger partial charge in [0, 0.05) is 42.3 Å². The lowest BCUT2D eigenvalue weighted by atomic mass is 10.1. The number of anilines is 1. The zero-order valence-electron chi connectivity index (χ0n) is 15.5. The van der Waals surface area contributed by atoms with Crippen LogP contribution in [0.25, 0.3) is 0 Å². The van der Waals surface area contributed by atoms with Gasteiger partial charge in [-0.05, 0) is 49.1 Å². The largest absolute Gasteiger partial charge is 0.491 e. The Hall–Kier alpha value is -2.15. The highest BCUT2D eigenvalue weighted by Crippen LogP contribution is 2.26. The molecule has 1 atom stereocenters. The van der Waals surface area contributed by atoms with E-state index in [2.05, 4.69) is 38.3 Å². The van der Waals surface area contributed by atoms with E-state index < -0.39 is 11.6 Å². The number of amides is 1. The zero-order valence-corrected chi connectivity index (χ0v) is 17.1. The highest BCUT2D eigenvalue weighted by Gasteiger charge is 2.23. The Morgan fingerprint density at radius 2 is 2.11 bits per heavy atom. The average Bonchev–Trinajstić information content (AvgIpc) is 3.14. The molecule has 1 aliphatic heterocycles. The molecule has 1 saturated heterocycles. The summed E-state index contributed by atoms with van der Waals surface area (Å²) in [5.74, 6) is -0.993. The van der Waals surface area contributed by atoms with Gasteiger partial charge in [-0.1, -0.05) is 22.0 Å². The van der Waals surface area contributed by atoms with Crippen molar-refractivity contribution in [3.8, 4) is 5.75 Å². The molecule has 0 radical (unpaired) electrons. The molecule has 150 valence electrons. The Kier molecular flexibility index (Phi) is 7.25. The van der Waals surface area contributed by atoms with Crippen LogP contribution in [0.5, 0.6) is 5.75 Å². The molecule has 1 amide bonds. The minimum Gasteiger partial charge on any atom is -0.491 e. The van der Waals surface area contributed by atoms with E-state index in [9.17, 15) is 13.6 Å². The second-order valence-electron chi connectivity index (χ2n) is 6.91. The van der Waals surface area contributed by atoms with Crippen LogP contribution >= 0.6 is 15.9 Å². The van der Waals surface area contributed by atoms with Crippen LogP contribution in [0.3, 0.4) is 0 Å². The van der Waals surface area contributed by atoms with Crippen molar-refractivity contribution in [3.63, 3.8) is 0 Å². The molecular formula is C21H23BrF2N2O2. The maximum Gasteiger partial charge on any atom is 0.220 e. The van der Waals surface area contributed by atoms with Crippen molar-refractivity contribution < 1.29 is 18.3 Å². The van der Waals surface area contributed by atoms with E-state index in [-0.39, 0.29) is 18.3 Å². The van der Waals surface area contributed by atoms with Gasteiger partial charge >= 0.3 is 0 Å². The maximum atomic E-state index is 13.5. The van der Waals surface area contributed by atoms with Gasteiger partial charge in [-0.25, -0.2) is 8.78 Å². The topological polar surface area (TPSA) is 41.6 Å². The van der Waals surface area contributed by atoms with Gasteiger partial charge < -0.3 is 15.0 Å². The molecule has 0 aliphatic carbocycles. The lowest BCUT2D eigenvalue weighted by Crippen LogP contribution is -2.31. The van der Waals surface area contributed by atoms with Crippen molar-refractivity contribution in [3.05, 3.63) is 58.6 Å². The number of halogens is 3. The Balaban J connectivity index is 1.32. The van der Waals surface area contributed by atoms with Gasteiger partial charge in [0.1, 0.15) is 5.82 Å². The molecule has 7 heteroatoms. The van der Waals surface area contributed by atoms with Gasteiger partial charge in [0.15, 0.2) is 11.6 Å². The van der Waals surface area contributed by atoms with Crippen LogP contribution in [0.2, 0.25) is 0 Å². The number of nitrogens with zero attached hydrogens (tertiary/aromatic N) is 1. The van der Waals surface area contributed by atoms with Crippen LogP contribution in [0, 0.1) is 17.6 Å². The first-order chi connectivity index (χ1) is 13.5. The summed E-state index contributed by atoms with van der Waals surface area (Å²) in [7, 11) is 0. The molecule has 1 heterocycles. The molecule has 4 nitrogen and oxygen atoms in total. The number of carbonyl (C=O) groups excluding carboxylic acids is 1. The van der Waals surface area contributed by atoms with Crippen molar-refractivity contribution in [1.29, 1.82) is 0 Å². The SMILES string of the molecule is O=C(CCCOc1ccc(F)cc1F)NCC1CCN(c2cccc(Br)c2)C1. The number of benzene rings is 2. The summed E-state index contributed by atoms with van der Waals surface area (Å²) in [4.78, 5) is 14.3. The van der Waals surface area contributed by atoms with Crippen LogP contribution in [0.1, 0.15) is 19.3 Å². The molecule has 1 N–H and O–H groups in total. The molecule has 0 aromatic heterocycles. The van der Waals surface area contributed by atoms with Crippen LogP contribution in [-0.4, -0.2) is 32.1 Å². The molecule has 1 unspecified atom stereocenters. The molecule has 2 aromatic carbocycles. The molecule has 1 fully saturated rings. The normalized spacial score (nSPS) is 16.2. The van der Waals surface area contributed by atoms with Gasteiger partial charge in [0.2, 0.25) is 5.91 Å². The summed E-state index contributed by atoms with van der Waals surface area (Å²) in [5.41, 5.74) is 1.19. The minimum absolute atomic E-state index is 0.000374. The summed E-state index contributed by atoms with van der Waals surface area (Å²) in [6, 6.07) is 11.4. The number of hydrogen-bond acceptors (Lipinski definition) is 3. The summed E-state index contributed by atoms with van der Waals surface area (Å²) >= 11 is 3.49. The fourth-order valence-electron chi connectivity index (χ4n) is 3.26. The summed E-state index contributed by atoms with van der Waals surface area (Å²) in [5, 5.41) is 2.97. The van der Waals surface area contributed by atoms with E-state index in [1.54, 1.807) is 0 Å². The van der Waals surface area contributed by atoms with Crippen molar-refractivity contribution in [2.24, 2.45) is 5.92 Å². The van der Waals surface area contributed by atoms with E-state index in [1.165, 1.54) is 11.8 Å². The van der Waals surface area contributed by atoms with E-state index in [0.29, 0.717) is 25.3 Å². The van der Waals surface area contributed by atoms with Gasteiger partial charge in [-0.3, -0.25) is 4.79 Å². The zero-order chi connectivity index (χ0) is 19.9. The van der Waals surface area contributed by atoms with Gasteiger partial charge in [-0.2, -0.15) is 0 Å². The second kappa shape index (κ2) is 9.87. The third-order valence-corrected chi connectivity index (χ3v) is 5.24. The van der Waals surface area contributed by atoms with Crippen molar-refractivity contribution >= 4 is 27.5 Å². The van der Waals surface area contributed by atoms with Crippen LogP contribution in [0.4, 0.5) is 14.5 Å². The fraction of sp³-hybridized carbons (Fsp3) is 0.381. The Labute approximate surface area is 172 Å². The number of hydrogen-bond donors (Lipinski definition) is 1. The third-order valence-electron chi connectivity index (χ3n) is 4.75. The lowest BCUT2D eigenvalue weighted by molar-refractivity contribution is -0.121. The van der Waals surface area contributed by atoms with Gasteiger partial charge in [-0.15, -0.1) is 0 Å². The van der Waals surface area contributed by atoms with Crippen molar-refractivity contribution in [2.75, 3.05) is 31.1 Å². The predicted octanol–water partition coefficient (Wildman–Crippen LogP) is 4.53. The molecule has 0 spiro atoms. The third kappa shape index (κ3) is 5.92. The van der Waals surface area contributed by atoms with Crippen molar-refractivity contribution in [2.45, 2.75) is 19.3 Å². The molecular weight excluding hydrogens is 430 g/mol. The Morgan fingerprint density at radius 3 is 2.89 bits per heavy atom. The van der Waals surface area contributed by atoms with Crippen LogP contribution in [-0.2, 0) is 4.79 Å². The van der Waals surface area contributed by atoms with E-state index in [1.807, 2.05) is 12.1 Å². The highest BCUT2D eigenvalue weighted by atomic mass is 79.9. The van der Waals surface area contributed by atoms with E-state index >= 15 is 0 Å². The highest BCUT2D eigenvalue weighted by molar-refractivity contribution is 9.10. The number of carbonyl (C=O) groups is 1. The average molecular weight is 453 g/mol. The summed E-state index contributed by atoms with van der Waals surface area (Å²) < 4.78 is 32.6. The first-order valence-electron chi connectivity index (χ1n) is 9.36. The predicted molar refractivity (Wildman–Crippen MR) is 109 cm³/mol. The second-order valence-corrected chi connectivity index (χ2v) is 7.83. The number of nitrogens with one attached hydrogen (secondary N) is 1. The van der Waals surface area contributed by atoms with Gasteiger partial charge in [0.05, 0.1) is 6.61 Å². The molecule has 2 aromatic rings. The van der Waals surface area contributed by atoms with E-state index in [4.69, 9.17) is 4.74 Å². The quantitative estimate of drug-likeness (QED) is 0.598. The fourth-order valence-corrected chi connectivity index (χ4v) is 3.65. The maximum absolute atomic E-state index is 13.5. The summed E-state index contributed by atoms with van der Waals surface area (Å²) in [6.07, 6.45) is 1.82. The molecule has 1 aliphatic rings. The van der Waals surface area contributed by atoms with Crippen LogP contribution in [0.15, 0.2) is 46.9 Å². The van der Waals surface area contributed by atoms with Gasteiger partial charge in [0.25, 0.3) is 0 Å². The molecule has 28 heavy (non-hydrogen) atoms. The Bertz CT molecular complexity index is 819. The summed E-state index contributed by atoms with van der Waals surface area (Å²) in [6.45, 7) is 2.75. The Morgan fingerprint density at radius 1 is 1.25 bits per heavy atom.